The highest BCUT2D eigenvalue weighted by molar-refractivity contribution is 7.89. The Labute approximate surface area is 103 Å². The molecule has 1 saturated carbocycles. The molecule has 1 aliphatic rings. The van der Waals surface area contributed by atoms with E-state index in [1.165, 1.54) is 0 Å². The largest absolute Gasteiger partial charge is 0.392 e. The van der Waals surface area contributed by atoms with Crippen molar-refractivity contribution in [1.29, 1.82) is 0 Å². The Hall–Kier alpha value is -0.200. The van der Waals surface area contributed by atoms with E-state index >= 15 is 0 Å². The van der Waals surface area contributed by atoms with Crippen LogP contribution in [0.1, 0.15) is 45.4 Å². The third-order valence-electron chi connectivity index (χ3n) is 3.05. The van der Waals surface area contributed by atoms with Gasteiger partial charge in [-0.15, -0.1) is 0 Å². The third-order valence-corrected chi connectivity index (χ3v) is 4.96. The monoisotopic (exact) mass is 264 g/mol. The molecule has 16 heavy (non-hydrogen) atoms. The normalized spacial score (nSPS) is 19.8. The number of hydrogen-bond donors (Lipinski definition) is 2. The van der Waals surface area contributed by atoms with Gasteiger partial charge in [-0.05, 0) is 19.3 Å². The van der Waals surface area contributed by atoms with Gasteiger partial charge >= 0.3 is 0 Å². The number of rotatable bonds is 6. The summed E-state index contributed by atoms with van der Waals surface area (Å²) in [6.45, 7) is 1.97. The van der Waals surface area contributed by atoms with E-state index in [1.807, 2.05) is 6.92 Å². The van der Waals surface area contributed by atoms with Gasteiger partial charge in [-0.1, -0.05) is 38.4 Å². The summed E-state index contributed by atoms with van der Waals surface area (Å²) in [6.07, 6.45) is 4.95. The summed E-state index contributed by atoms with van der Waals surface area (Å²) in [5.41, 5.74) is 5.02. The van der Waals surface area contributed by atoms with Crippen LogP contribution in [0.25, 0.3) is 0 Å². The van der Waals surface area contributed by atoms with Crippen LogP contribution in [0.2, 0.25) is 0 Å². The van der Waals surface area contributed by atoms with Crippen molar-refractivity contribution in [2.45, 2.75) is 51.0 Å². The van der Waals surface area contributed by atoms with Crippen LogP contribution in [0.15, 0.2) is 0 Å². The van der Waals surface area contributed by atoms with Crippen LogP contribution in [0.4, 0.5) is 0 Å². The molecule has 3 N–H and O–H groups in total. The molecule has 1 aliphatic carbocycles. The fourth-order valence-electron chi connectivity index (χ4n) is 2.06. The molecule has 0 aromatic heterocycles. The molecular formula is C10H20N2O2S2. The minimum atomic E-state index is -3.25. The van der Waals surface area contributed by atoms with Crippen LogP contribution in [-0.2, 0) is 10.0 Å². The predicted octanol–water partition coefficient (Wildman–Crippen LogP) is 1.30. The van der Waals surface area contributed by atoms with Crippen molar-refractivity contribution in [1.82, 2.24) is 4.72 Å². The lowest BCUT2D eigenvalue weighted by atomic mass is 10.00. The maximum atomic E-state index is 11.8. The van der Waals surface area contributed by atoms with Crippen molar-refractivity contribution in [2.75, 3.05) is 5.75 Å². The van der Waals surface area contributed by atoms with Crippen LogP contribution in [0.5, 0.6) is 0 Å². The van der Waals surface area contributed by atoms with Gasteiger partial charge in [0.25, 0.3) is 0 Å². The molecule has 0 spiro atoms. The van der Waals surface area contributed by atoms with E-state index in [0.717, 1.165) is 32.1 Å². The van der Waals surface area contributed by atoms with Gasteiger partial charge in [0.05, 0.1) is 16.3 Å². The zero-order valence-corrected chi connectivity index (χ0v) is 11.3. The maximum absolute atomic E-state index is 11.8. The maximum Gasteiger partial charge on any atom is 0.212 e. The van der Waals surface area contributed by atoms with E-state index in [1.54, 1.807) is 0 Å². The van der Waals surface area contributed by atoms with Crippen molar-refractivity contribution in [3.8, 4) is 0 Å². The first-order chi connectivity index (χ1) is 7.42. The van der Waals surface area contributed by atoms with E-state index in [4.69, 9.17) is 18.0 Å². The van der Waals surface area contributed by atoms with E-state index in [2.05, 4.69) is 4.72 Å². The highest BCUT2D eigenvalue weighted by atomic mass is 32.2. The Kier molecular flexibility index (Phi) is 4.70. The Morgan fingerprint density at radius 1 is 1.44 bits per heavy atom. The molecular weight excluding hydrogens is 244 g/mol. The molecule has 0 bridgehead atoms. The van der Waals surface area contributed by atoms with E-state index < -0.39 is 15.6 Å². The zero-order chi connectivity index (χ0) is 12.2. The Bertz CT molecular complexity index is 346. The van der Waals surface area contributed by atoms with Crippen molar-refractivity contribution < 1.29 is 8.42 Å². The van der Waals surface area contributed by atoms with Gasteiger partial charge in [0.15, 0.2) is 0 Å². The average Bonchev–Trinajstić information content (AvgIpc) is 2.64. The second kappa shape index (κ2) is 5.42. The molecule has 0 atom stereocenters. The second-order valence-corrected chi connectivity index (χ2v) is 6.71. The molecule has 94 valence electrons. The smallest absolute Gasteiger partial charge is 0.212 e. The van der Waals surface area contributed by atoms with Crippen molar-refractivity contribution in [2.24, 2.45) is 5.73 Å². The summed E-state index contributed by atoms with van der Waals surface area (Å²) in [5, 5.41) is 0. The van der Waals surface area contributed by atoms with Gasteiger partial charge in [-0.2, -0.15) is 0 Å². The molecule has 1 rings (SSSR count). The molecule has 0 amide bonds. The van der Waals surface area contributed by atoms with E-state index in [0.29, 0.717) is 6.42 Å². The van der Waals surface area contributed by atoms with Gasteiger partial charge in [-0.3, -0.25) is 0 Å². The second-order valence-electron chi connectivity index (χ2n) is 4.43. The molecule has 0 radical (unpaired) electrons. The number of thiocarbonyl (C=S) groups is 1. The lowest BCUT2D eigenvalue weighted by Crippen LogP contribution is -2.55. The number of hydrogen-bond acceptors (Lipinski definition) is 3. The van der Waals surface area contributed by atoms with Gasteiger partial charge in [-0.25, -0.2) is 13.1 Å². The minimum absolute atomic E-state index is 0.161. The Morgan fingerprint density at radius 3 is 2.44 bits per heavy atom. The first kappa shape index (κ1) is 13.9. The summed E-state index contributed by atoms with van der Waals surface area (Å²) in [7, 11) is -3.25. The van der Waals surface area contributed by atoms with Gasteiger partial charge in [0, 0.05) is 0 Å². The van der Waals surface area contributed by atoms with Crippen molar-refractivity contribution in [3.63, 3.8) is 0 Å². The number of nitrogens with two attached hydrogens (primary N) is 1. The molecule has 0 aliphatic heterocycles. The fourth-order valence-corrected chi connectivity index (χ4v) is 4.06. The molecule has 4 nitrogen and oxygen atoms in total. The van der Waals surface area contributed by atoms with E-state index in [-0.39, 0.29) is 10.7 Å². The van der Waals surface area contributed by atoms with Crippen molar-refractivity contribution >= 4 is 27.2 Å². The number of nitrogens with one attached hydrogen (secondary N) is 1. The third kappa shape index (κ3) is 3.40. The van der Waals surface area contributed by atoms with E-state index in [9.17, 15) is 8.42 Å². The molecule has 0 aromatic rings. The SMILES string of the molecule is CCCCS(=O)(=O)NC1(C(N)=S)CCCC1. The van der Waals surface area contributed by atoms with Crippen molar-refractivity contribution in [3.05, 3.63) is 0 Å². The Balaban J connectivity index is 2.72. The summed E-state index contributed by atoms with van der Waals surface area (Å²) >= 11 is 5.00. The summed E-state index contributed by atoms with van der Waals surface area (Å²) < 4.78 is 26.4. The topological polar surface area (TPSA) is 72.2 Å². The standard InChI is InChI=1S/C10H20N2O2S2/c1-2-3-8-16(13,14)12-10(9(11)15)6-4-5-7-10/h12H,2-8H2,1H3,(H2,11,15). The minimum Gasteiger partial charge on any atom is -0.392 e. The molecule has 0 aromatic carbocycles. The fraction of sp³-hybridized carbons (Fsp3) is 0.900. The van der Waals surface area contributed by atoms with Crippen LogP contribution >= 0.6 is 12.2 Å². The summed E-state index contributed by atoms with van der Waals surface area (Å²) in [5.74, 6) is 0.161. The van der Waals surface area contributed by atoms with Crippen LogP contribution < -0.4 is 10.5 Å². The Morgan fingerprint density at radius 2 is 2.00 bits per heavy atom. The lowest BCUT2D eigenvalue weighted by Gasteiger charge is -2.28. The van der Waals surface area contributed by atoms with Crippen LogP contribution in [0.3, 0.4) is 0 Å². The zero-order valence-electron chi connectivity index (χ0n) is 9.66. The first-order valence-electron chi connectivity index (χ1n) is 5.73. The molecule has 0 unspecified atom stereocenters. The van der Waals surface area contributed by atoms with Gasteiger partial charge in [0.2, 0.25) is 10.0 Å². The highest BCUT2D eigenvalue weighted by Gasteiger charge is 2.39. The summed E-state index contributed by atoms with van der Waals surface area (Å²) in [6, 6.07) is 0. The quantitative estimate of drug-likeness (QED) is 0.709. The van der Waals surface area contributed by atoms with Gasteiger partial charge < -0.3 is 5.73 Å². The molecule has 0 saturated heterocycles. The first-order valence-corrected chi connectivity index (χ1v) is 7.79. The molecule has 1 fully saturated rings. The number of unbranched alkanes of at least 4 members (excludes halogenated alkanes) is 1. The van der Waals surface area contributed by atoms with Crippen LogP contribution in [0, 0.1) is 0 Å². The highest BCUT2D eigenvalue weighted by Crippen LogP contribution is 2.30. The van der Waals surface area contributed by atoms with Crippen LogP contribution in [-0.4, -0.2) is 24.7 Å². The molecule has 6 heteroatoms. The lowest BCUT2D eigenvalue weighted by molar-refractivity contribution is 0.501. The average molecular weight is 264 g/mol. The number of sulfonamides is 1. The summed E-state index contributed by atoms with van der Waals surface area (Å²) in [4.78, 5) is 0.282. The van der Waals surface area contributed by atoms with Gasteiger partial charge in [0.1, 0.15) is 0 Å². The predicted molar refractivity (Wildman–Crippen MR) is 69.8 cm³/mol. The molecule has 0 heterocycles.